The highest BCUT2D eigenvalue weighted by atomic mass is 16.4. The van der Waals surface area contributed by atoms with Crippen LogP contribution in [0, 0.1) is 0 Å². The molecular weight excluding hydrogens is 202 g/mol. The Hall–Kier alpha value is -1.90. The molecule has 3 heteroatoms. The Morgan fingerprint density at radius 2 is 2.06 bits per heavy atom. The summed E-state index contributed by atoms with van der Waals surface area (Å²) in [4.78, 5) is 15.3. The second-order valence-corrected chi connectivity index (χ2v) is 4.33. The Morgan fingerprint density at radius 3 is 2.75 bits per heavy atom. The van der Waals surface area contributed by atoms with Gasteiger partial charge in [-0.2, -0.15) is 0 Å². The number of aromatic nitrogens is 1. The molecule has 82 valence electrons. The SMILES string of the molecule is CC(C)(C(=O)O)c1cccc2ccncc12. The molecule has 0 saturated heterocycles. The lowest BCUT2D eigenvalue weighted by Gasteiger charge is -2.21. The van der Waals surface area contributed by atoms with Crippen LogP contribution in [-0.2, 0) is 10.2 Å². The topological polar surface area (TPSA) is 50.2 Å². The predicted octanol–water partition coefficient (Wildman–Crippen LogP) is 2.60. The summed E-state index contributed by atoms with van der Waals surface area (Å²) in [6.45, 7) is 3.41. The normalized spacial score (nSPS) is 11.6. The van der Waals surface area contributed by atoms with Gasteiger partial charge < -0.3 is 5.11 Å². The van der Waals surface area contributed by atoms with E-state index in [1.54, 1.807) is 26.2 Å². The quantitative estimate of drug-likeness (QED) is 0.837. The number of carboxylic acid groups (broad SMARTS) is 1. The van der Waals surface area contributed by atoms with Gasteiger partial charge in [-0.1, -0.05) is 18.2 Å². The summed E-state index contributed by atoms with van der Waals surface area (Å²) in [5.74, 6) is -0.830. The molecule has 0 spiro atoms. The number of carboxylic acids is 1. The third kappa shape index (κ3) is 1.54. The van der Waals surface area contributed by atoms with E-state index in [-0.39, 0.29) is 0 Å². The van der Waals surface area contributed by atoms with Crippen LogP contribution in [0.1, 0.15) is 19.4 Å². The van der Waals surface area contributed by atoms with Crippen molar-refractivity contribution in [2.75, 3.05) is 0 Å². The van der Waals surface area contributed by atoms with Crippen LogP contribution in [0.3, 0.4) is 0 Å². The zero-order valence-corrected chi connectivity index (χ0v) is 9.27. The number of benzene rings is 1. The Balaban J connectivity index is 2.74. The molecule has 0 aliphatic carbocycles. The smallest absolute Gasteiger partial charge is 0.313 e. The largest absolute Gasteiger partial charge is 0.481 e. The van der Waals surface area contributed by atoms with Crippen LogP contribution in [0.2, 0.25) is 0 Å². The molecule has 1 aromatic heterocycles. The number of fused-ring (bicyclic) bond motifs is 1. The maximum atomic E-state index is 11.2. The van der Waals surface area contributed by atoms with Crippen LogP contribution in [0.25, 0.3) is 10.8 Å². The summed E-state index contributed by atoms with van der Waals surface area (Å²) in [5.41, 5.74) is -0.103. The van der Waals surface area contributed by atoms with Gasteiger partial charge in [0.15, 0.2) is 0 Å². The highest BCUT2D eigenvalue weighted by Gasteiger charge is 2.30. The Morgan fingerprint density at radius 1 is 1.31 bits per heavy atom. The summed E-state index contributed by atoms with van der Waals surface area (Å²) in [6, 6.07) is 7.57. The fourth-order valence-electron chi connectivity index (χ4n) is 1.77. The van der Waals surface area contributed by atoms with Gasteiger partial charge in [0.2, 0.25) is 0 Å². The standard InChI is InChI=1S/C13H13NO2/c1-13(2,12(15)16)11-5-3-4-9-6-7-14-8-10(9)11/h3-8H,1-2H3,(H,15,16). The van der Waals surface area contributed by atoms with E-state index in [9.17, 15) is 9.90 Å². The van der Waals surface area contributed by atoms with Crippen LogP contribution >= 0.6 is 0 Å². The van der Waals surface area contributed by atoms with E-state index in [1.807, 2.05) is 24.3 Å². The average molecular weight is 215 g/mol. The molecule has 0 radical (unpaired) electrons. The van der Waals surface area contributed by atoms with Crippen molar-refractivity contribution in [3.05, 3.63) is 42.2 Å². The van der Waals surface area contributed by atoms with Gasteiger partial charge in [-0.05, 0) is 30.9 Å². The molecule has 0 aliphatic heterocycles. The lowest BCUT2D eigenvalue weighted by molar-refractivity contribution is -0.142. The highest BCUT2D eigenvalue weighted by molar-refractivity contribution is 5.92. The van der Waals surface area contributed by atoms with E-state index in [0.29, 0.717) is 0 Å². The van der Waals surface area contributed by atoms with Crippen molar-refractivity contribution in [3.63, 3.8) is 0 Å². The number of nitrogens with zero attached hydrogens (tertiary/aromatic N) is 1. The first-order chi connectivity index (χ1) is 7.53. The third-order valence-corrected chi connectivity index (χ3v) is 2.89. The summed E-state index contributed by atoms with van der Waals surface area (Å²) in [7, 11) is 0. The summed E-state index contributed by atoms with van der Waals surface area (Å²) < 4.78 is 0. The van der Waals surface area contributed by atoms with Gasteiger partial charge in [0.25, 0.3) is 0 Å². The summed E-state index contributed by atoms with van der Waals surface area (Å²) in [6.07, 6.45) is 3.43. The van der Waals surface area contributed by atoms with E-state index in [0.717, 1.165) is 16.3 Å². The monoisotopic (exact) mass is 215 g/mol. The maximum Gasteiger partial charge on any atom is 0.313 e. The van der Waals surface area contributed by atoms with Gasteiger partial charge in [0.1, 0.15) is 0 Å². The second kappa shape index (κ2) is 3.59. The van der Waals surface area contributed by atoms with Crippen LogP contribution in [0.4, 0.5) is 0 Å². The van der Waals surface area contributed by atoms with Crippen LogP contribution in [0.15, 0.2) is 36.7 Å². The van der Waals surface area contributed by atoms with E-state index in [4.69, 9.17) is 0 Å². The van der Waals surface area contributed by atoms with Crippen LogP contribution in [0.5, 0.6) is 0 Å². The zero-order valence-electron chi connectivity index (χ0n) is 9.27. The van der Waals surface area contributed by atoms with Crippen molar-refractivity contribution in [2.24, 2.45) is 0 Å². The Labute approximate surface area is 93.7 Å². The number of aliphatic carboxylic acids is 1. The summed E-state index contributed by atoms with van der Waals surface area (Å²) in [5, 5.41) is 11.1. The van der Waals surface area contributed by atoms with Crippen molar-refractivity contribution in [2.45, 2.75) is 19.3 Å². The molecule has 3 nitrogen and oxygen atoms in total. The maximum absolute atomic E-state index is 11.2. The first-order valence-corrected chi connectivity index (χ1v) is 5.10. The van der Waals surface area contributed by atoms with Gasteiger partial charge in [-0.3, -0.25) is 9.78 Å². The lowest BCUT2D eigenvalue weighted by atomic mass is 9.82. The first kappa shape index (κ1) is 10.6. The Kier molecular flexibility index (Phi) is 2.38. The van der Waals surface area contributed by atoms with Crippen LogP contribution < -0.4 is 0 Å². The van der Waals surface area contributed by atoms with E-state index >= 15 is 0 Å². The molecule has 2 aromatic rings. The molecule has 1 aromatic carbocycles. The molecule has 16 heavy (non-hydrogen) atoms. The minimum Gasteiger partial charge on any atom is -0.481 e. The number of rotatable bonds is 2. The minimum atomic E-state index is -0.900. The molecule has 0 bridgehead atoms. The van der Waals surface area contributed by atoms with Gasteiger partial charge in [0.05, 0.1) is 5.41 Å². The molecule has 2 rings (SSSR count). The lowest BCUT2D eigenvalue weighted by Crippen LogP contribution is -2.28. The third-order valence-electron chi connectivity index (χ3n) is 2.89. The molecule has 0 fully saturated rings. The van der Waals surface area contributed by atoms with Crippen molar-refractivity contribution >= 4 is 16.7 Å². The number of carbonyl (C=O) groups is 1. The van der Waals surface area contributed by atoms with Crippen molar-refractivity contribution in [1.82, 2.24) is 4.98 Å². The number of hydrogen-bond donors (Lipinski definition) is 1. The summed E-state index contributed by atoms with van der Waals surface area (Å²) >= 11 is 0. The number of pyridine rings is 1. The zero-order chi connectivity index (χ0) is 11.8. The fourth-order valence-corrected chi connectivity index (χ4v) is 1.77. The second-order valence-electron chi connectivity index (χ2n) is 4.33. The van der Waals surface area contributed by atoms with E-state index in [1.165, 1.54) is 0 Å². The average Bonchev–Trinajstić information content (AvgIpc) is 2.28. The molecule has 0 saturated carbocycles. The van der Waals surface area contributed by atoms with Crippen molar-refractivity contribution in [1.29, 1.82) is 0 Å². The molecule has 0 aliphatic rings. The number of hydrogen-bond acceptors (Lipinski definition) is 2. The fraction of sp³-hybridized carbons (Fsp3) is 0.231. The van der Waals surface area contributed by atoms with E-state index in [2.05, 4.69) is 4.98 Å². The van der Waals surface area contributed by atoms with Crippen molar-refractivity contribution in [3.8, 4) is 0 Å². The molecule has 1 N–H and O–H groups in total. The molecule has 0 amide bonds. The van der Waals surface area contributed by atoms with Gasteiger partial charge >= 0.3 is 5.97 Å². The first-order valence-electron chi connectivity index (χ1n) is 5.10. The molecule has 0 atom stereocenters. The predicted molar refractivity (Wildman–Crippen MR) is 62.4 cm³/mol. The molecule has 0 unspecified atom stereocenters. The van der Waals surface area contributed by atoms with Gasteiger partial charge in [-0.25, -0.2) is 0 Å². The highest BCUT2D eigenvalue weighted by Crippen LogP contribution is 2.29. The Bertz CT molecular complexity index is 541. The van der Waals surface area contributed by atoms with Gasteiger partial charge in [0, 0.05) is 17.8 Å². The molecular formula is C13H13NO2. The minimum absolute atomic E-state index is 0.797. The van der Waals surface area contributed by atoms with Gasteiger partial charge in [-0.15, -0.1) is 0 Å². The van der Waals surface area contributed by atoms with Crippen LogP contribution in [-0.4, -0.2) is 16.1 Å². The van der Waals surface area contributed by atoms with E-state index < -0.39 is 11.4 Å². The molecule has 1 heterocycles. The van der Waals surface area contributed by atoms with Crippen molar-refractivity contribution < 1.29 is 9.90 Å².